The van der Waals surface area contributed by atoms with Gasteiger partial charge < -0.3 is 5.73 Å². The summed E-state index contributed by atoms with van der Waals surface area (Å²) in [7, 11) is 0. The van der Waals surface area contributed by atoms with Crippen molar-refractivity contribution < 1.29 is 9.59 Å². The topological polar surface area (TPSA) is 96.3 Å². The molecule has 1 aliphatic carbocycles. The van der Waals surface area contributed by atoms with E-state index in [1.807, 2.05) is 24.3 Å². The van der Waals surface area contributed by atoms with Crippen molar-refractivity contribution in [1.82, 2.24) is 0 Å². The molecule has 0 unspecified atom stereocenters. The molecule has 2 rings (SSSR count). The first-order valence-corrected chi connectivity index (χ1v) is 5.84. The molecule has 0 aromatic rings. The number of fused-ring (bicyclic) bond motifs is 1. The second kappa shape index (κ2) is 4.55. The summed E-state index contributed by atoms with van der Waals surface area (Å²) in [5, 5.41) is 9.41. The van der Waals surface area contributed by atoms with Gasteiger partial charge in [0.1, 0.15) is 0 Å². The standard InChI is InChI=1S/C11H9N3O2S/c12-5-6(9(15)10(13)16)11-14-7-3-1-2-4-8(7)17-11/h1-4,6-8H,(H2,13,16)/t6-,7+,8+/m1/s1. The van der Waals surface area contributed by atoms with Crippen molar-refractivity contribution in [2.75, 3.05) is 0 Å². The van der Waals surface area contributed by atoms with Gasteiger partial charge in [-0.3, -0.25) is 14.6 Å². The van der Waals surface area contributed by atoms with Crippen molar-refractivity contribution in [2.24, 2.45) is 16.6 Å². The van der Waals surface area contributed by atoms with E-state index >= 15 is 0 Å². The Bertz CT molecular complexity index is 501. The minimum atomic E-state index is -1.16. The van der Waals surface area contributed by atoms with E-state index in [4.69, 9.17) is 11.0 Å². The van der Waals surface area contributed by atoms with Gasteiger partial charge in [-0.1, -0.05) is 36.1 Å². The van der Waals surface area contributed by atoms with Gasteiger partial charge in [-0.25, -0.2) is 0 Å². The number of hydrogen-bond donors (Lipinski definition) is 1. The third kappa shape index (κ3) is 2.15. The molecule has 2 N–H and O–H groups in total. The number of nitriles is 1. The maximum atomic E-state index is 11.4. The van der Waals surface area contributed by atoms with E-state index in [9.17, 15) is 9.59 Å². The van der Waals surface area contributed by atoms with Gasteiger partial charge in [0.25, 0.3) is 5.91 Å². The fourth-order valence-corrected chi connectivity index (χ4v) is 2.85. The quantitative estimate of drug-likeness (QED) is 0.720. The Balaban J connectivity index is 2.21. The monoisotopic (exact) mass is 247 g/mol. The molecule has 0 radical (unpaired) electrons. The number of carbonyl (C=O) groups is 2. The van der Waals surface area contributed by atoms with Crippen molar-refractivity contribution in [3.63, 3.8) is 0 Å². The van der Waals surface area contributed by atoms with Gasteiger partial charge in [0, 0.05) is 0 Å². The summed E-state index contributed by atoms with van der Waals surface area (Å²) in [6, 6.07) is 1.73. The van der Waals surface area contributed by atoms with Gasteiger partial charge in [-0.15, -0.1) is 0 Å². The van der Waals surface area contributed by atoms with Crippen LogP contribution >= 0.6 is 11.8 Å². The normalized spacial score (nSPS) is 26.9. The molecule has 17 heavy (non-hydrogen) atoms. The fourth-order valence-electron chi connectivity index (χ4n) is 1.63. The van der Waals surface area contributed by atoms with Crippen LogP contribution in [-0.4, -0.2) is 28.0 Å². The Hall–Kier alpha value is -1.87. The Labute approximate surface area is 102 Å². The molecule has 0 bridgehead atoms. The maximum absolute atomic E-state index is 11.4. The lowest BCUT2D eigenvalue weighted by molar-refractivity contribution is -0.136. The smallest absolute Gasteiger partial charge is 0.286 e. The molecule has 0 aromatic carbocycles. The Morgan fingerprint density at radius 3 is 2.76 bits per heavy atom. The summed E-state index contributed by atoms with van der Waals surface area (Å²) in [4.78, 5) is 26.5. The summed E-state index contributed by atoms with van der Waals surface area (Å²) >= 11 is 1.33. The van der Waals surface area contributed by atoms with Gasteiger partial charge in [0.2, 0.25) is 5.78 Å². The third-order valence-electron chi connectivity index (χ3n) is 2.47. The minimum absolute atomic E-state index is 0.0588. The lowest BCUT2D eigenvalue weighted by Crippen LogP contribution is -2.32. The number of carbonyl (C=O) groups excluding carboxylic acids is 2. The van der Waals surface area contributed by atoms with Gasteiger partial charge in [0.05, 0.1) is 22.4 Å². The van der Waals surface area contributed by atoms with E-state index in [1.54, 1.807) is 6.07 Å². The number of amides is 1. The number of primary amides is 1. The van der Waals surface area contributed by atoms with Crippen molar-refractivity contribution in [1.29, 1.82) is 5.26 Å². The van der Waals surface area contributed by atoms with Gasteiger partial charge in [0.15, 0.2) is 5.92 Å². The Morgan fingerprint density at radius 2 is 2.18 bits per heavy atom. The predicted molar refractivity (Wildman–Crippen MR) is 64.2 cm³/mol. The lowest BCUT2D eigenvalue weighted by Gasteiger charge is -2.11. The highest BCUT2D eigenvalue weighted by atomic mass is 32.2. The third-order valence-corrected chi connectivity index (χ3v) is 3.76. The van der Waals surface area contributed by atoms with Crippen LogP contribution in [0.15, 0.2) is 29.3 Å². The van der Waals surface area contributed by atoms with Crippen LogP contribution in [0.3, 0.4) is 0 Å². The number of ketones is 1. The molecule has 0 saturated carbocycles. The lowest BCUT2D eigenvalue weighted by atomic mass is 10.1. The molecule has 6 heteroatoms. The first kappa shape index (κ1) is 11.6. The first-order chi connectivity index (χ1) is 8.13. The highest BCUT2D eigenvalue weighted by molar-refractivity contribution is 8.15. The highest BCUT2D eigenvalue weighted by Gasteiger charge is 2.36. The van der Waals surface area contributed by atoms with E-state index < -0.39 is 17.6 Å². The van der Waals surface area contributed by atoms with Crippen LogP contribution in [0.5, 0.6) is 0 Å². The maximum Gasteiger partial charge on any atom is 0.286 e. The van der Waals surface area contributed by atoms with E-state index in [2.05, 4.69) is 4.99 Å². The largest absolute Gasteiger partial charge is 0.363 e. The van der Waals surface area contributed by atoms with Gasteiger partial charge in [-0.05, 0) is 0 Å². The van der Waals surface area contributed by atoms with E-state index in [0.717, 1.165) is 0 Å². The van der Waals surface area contributed by atoms with Crippen molar-refractivity contribution in [2.45, 2.75) is 11.3 Å². The second-order valence-corrected chi connectivity index (χ2v) is 4.80. The predicted octanol–water partition coefficient (Wildman–Crippen LogP) is 0.189. The van der Waals surface area contributed by atoms with E-state index in [-0.39, 0.29) is 11.3 Å². The first-order valence-electron chi connectivity index (χ1n) is 4.96. The van der Waals surface area contributed by atoms with Crippen LogP contribution in [0.2, 0.25) is 0 Å². The summed E-state index contributed by atoms with van der Waals surface area (Å²) < 4.78 is 0. The summed E-state index contributed by atoms with van der Waals surface area (Å²) in [6.45, 7) is 0. The second-order valence-electron chi connectivity index (χ2n) is 3.60. The molecular weight excluding hydrogens is 238 g/mol. The Morgan fingerprint density at radius 1 is 1.47 bits per heavy atom. The zero-order valence-corrected chi connectivity index (χ0v) is 9.55. The summed E-state index contributed by atoms with van der Waals surface area (Å²) in [5.74, 6) is -3.16. The number of nitrogens with two attached hydrogens (primary N) is 1. The van der Waals surface area contributed by atoms with E-state index in [1.165, 1.54) is 11.8 Å². The zero-order valence-electron chi connectivity index (χ0n) is 8.74. The molecule has 2 aliphatic rings. The molecule has 0 saturated heterocycles. The van der Waals surface area contributed by atoms with Crippen molar-refractivity contribution >= 4 is 28.5 Å². The van der Waals surface area contributed by atoms with Gasteiger partial charge in [-0.2, -0.15) is 5.26 Å². The minimum Gasteiger partial charge on any atom is -0.363 e. The van der Waals surface area contributed by atoms with Crippen LogP contribution in [0.4, 0.5) is 0 Å². The Kier molecular flexibility index (Phi) is 3.11. The average molecular weight is 247 g/mol. The van der Waals surface area contributed by atoms with Crippen LogP contribution in [0, 0.1) is 17.2 Å². The molecule has 86 valence electrons. The number of Topliss-reactive ketones (excluding diaryl/α,β-unsaturated/α-hetero) is 1. The number of aliphatic imine (C=N–C) groups is 1. The molecule has 1 heterocycles. The number of rotatable bonds is 3. The van der Waals surface area contributed by atoms with Crippen LogP contribution in [0.25, 0.3) is 0 Å². The number of nitrogens with zero attached hydrogens (tertiary/aromatic N) is 2. The average Bonchev–Trinajstić information content (AvgIpc) is 2.72. The summed E-state index contributed by atoms with van der Waals surface area (Å²) in [5.41, 5.74) is 4.89. The molecule has 0 spiro atoms. The molecule has 3 atom stereocenters. The van der Waals surface area contributed by atoms with Crippen molar-refractivity contribution in [3.05, 3.63) is 24.3 Å². The molecule has 5 nitrogen and oxygen atoms in total. The van der Waals surface area contributed by atoms with Crippen LogP contribution < -0.4 is 5.73 Å². The zero-order chi connectivity index (χ0) is 12.4. The van der Waals surface area contributed by atoms with Crippen LogP contribution in [0.1, 0.15) is 0 Å². The SMILES string of the molecule is N#C[C@H](C(=O)C(N)=O)C1=N[C@H]2C=CC=C[C@@H]2S1. The number of thioether (sulfide) groups is 1. The number of hydrogen-bond acceptors (Lipinski definition) is 5. The molecule has 0 aromatic heterocycles. The molecule has 1 aliphatic heterocycles. The number of allylic oxidation sites excluding steroid dienone is 2. The molecular formula is C11H9N3O2S. The fraction of sp³-hybridized carbons (Fsp3) is 0.273. The highest BCUT2D eigenvalue weighted by Crippen LogP contribution is 2.33. The van der Waals surface area contributed by atoms with Gasteiger partial charge >= 0.3 is 0 Å². The molecule has 0 fully saturated rings. The summed E-state index contributed by atoms with van der Waals surface area (Å²) in [6.07, 6.45) is 7.61. The van der Waals surface area contributed by atoms with E-state index in [0.29, 0.717) is 5.04 Å². The molecule has 1 amide bonds. The van der Waals surface area contributed by atoms with Crippen LogP contribution in [-0.2, 0) is 9.59 Å². The van der Waals surface area contributed by atoms with Crippen molar-refractivity contribution in [3.8, 4) is 6.07 Å².